The summed E-state index contributed by atoms with van der Waals surface area (Å²) < 4.78 is 27.6. The lowest BCUT2D eigenvalue weighted by Gasteiger charge is -2.31. The van der Waals surface area contributed by atoms with Gasteiger partial charge in [0.25, 0.3) is 0 Å². The normalized spacial score (nSPS) is 16.1. The maximum absolute atomic E-state index is 13.1. The number of fused-ring (bicyclic) bond motifs is 1. The fourth-order valence-electron chi connectivity index (χ4n) is 4.34. The summed E-state index contributed by atoms with van der Waals surface area (Å²) in [7, 11) is -3.52. The molecule has 3 aromatic rings. The molecule has 1 aliphatic heterocycles. The number of ketones is 1. The van der Waals surface area contributed by atoms with Gasteiger partial charge in [-0.15, -0.1) is 0 Å². The van der Waals surface area contributed by atoms with E-state index in [0.717, 1.165) is 22.1 Å². The third-order valence-electron chi connectivity index (χ3n) is 6.05. The Hall–Kier alpha value is -2.50. The standard InChI is InChI=1S/C25H27NO3S/c1-18-7-10-25(19(2)15-18)30(28,29)26-13-11-22(12-14-26)24(27)17-20-8-9-21-5-3-4-6-23(21)16-20/h3-10,15-16,22H,11-14,17H2,1-2H3. The fourth-order valence-corrected chi connectivity index (χ4v) is 6.02. The van der Waals surface area contributed by atoms with E-state index in [1.807, 2.05) is 44.2 Å². The van der Waals surface area contributed by atoms with Crippen molar-refractivity contribution in [2.45, 2.75) is 38.0 Å². The minimum atomic E-state index is -3.52. The lowest BCUT2D eigenvalue weighted by molar-refractivity contribution is -0.123. The average Bonchev–Trinajstić information content (AvgIpc) is 2.73. The molecule has 4 nitrogen and oxygen atoms in total. The van der Waals surface area contributed by atoms with Crippen LogP contribution in [0.5, 0.6) is 0 Å². The van der Waals surface area contributed by atoms with E-state index < -0.39 is 10.0 Å². The first-order valence-electron chi connectivity index (χ1n) is 10.4. The van der Waals surface area contributed by atoms with Gasteiger partial charge < -0.3 is 0 Å². The topological polar surface area (TPSA) is 54.5 Å². The predicted octanol–water partition coefficient (Wildman–Crippen LogP) is 4.67. The number of carbonyl (C=O) groups excluding carboxylic acids is 1. The lowest BCUT2D eigenvalue weighted by Crippen LogP contribution is -2.40. The number of hydrogen-bond acceptors (Lipinski definition) is 3. The van der Waals surface area contributed by atoms with E-state index in [-0.39, 0.29) is 11.7 Å². The number of benzene rings is 3. The molecular formula is C25H27NO3S. The van der Waals surface area contributed by atoms with Crippen LogP contribution in [0, 0.1) is 19.8 Å². The number of hydrogen-bond donors (Lipinski definition) is 0. The first-order chi connectivity index (χ1) is 14.3. The van der Waals surface area contributed by atoms with Crippen LogP contribution in [0.1, 0.15) is 29.5 Å². The Morgan fingerprint density at radius 1 is 0.933 bits per heavy atom. The van der Waals surface area contributed by atoms with E-state index in [4.69, 9.17) is 0 Å². The van der Waals surface area contributed by atoms with E-state index >= 15 is 0 Å². The molecule has 0 amide bonds. The third kappa shape index (κ3) is 4.18. The van der Waals surface area contributed by atoms with Gasteiger partial charge in [-0.05, 0) is 54.7 Å². The minimum absolute atomic E-state index is 0.0814. The van der Waals surface area contributed by atoms with Crippen molar-refractivity contribution < 1.29 is 13.2 Å². The highest BCUT2D eigenvalue weighted by Gasteiger charge is 2.32. The molecule has 0 N–H and O–H groups in total. The second-order valence-electron chi connectivity index (χ2n) is 8.27. The quantitative estimate of drug-likeness (QED) is 0.602. The summed E-state index contributed by atoms with van der Waals surface area (Å²) >= 11 is 0. The molecule has 0 atom stereocenters. The molecule has 1 aliphatic rings. The van der Waals surface area contributed by atoms with Gasteiger partial charge in [-0.25, -0.2) is 8.42 Å². The van der Waals surface area contributed by atoms with Gasteiger partial charge in [-0.3, -0.25) is 4.79 Å². The van der Waals surface area contributed by atoms with Crippen LogP contribution in [-0.2, 0) is 21.2 Å². The summed E-state index contributed by atoms with van der Waals surface area (Å²) in [5.74, 6) is 0.121. The third-order valence-corrected chi connectivity index (χ3v) is 8.11. The summed E-state index contributed by atoms with van der Waals surface area (Å²) in [6.45, 7) is 4.57. The number of carbonyl (C=O) groups is 1. The first-order valence-corrected chi connectivity index (χ1v) is 11.9. The molecular weight excluding hydrogens is 394 g/mol. The van der Waals surface area contributed by atoms with Gasteiger partial charge in [0.05, 0.1) is 4.90 Å². The Morgan fingerprint density at radius 3 is 2.33 bits per heavy atom. The van der Waals surface area contributed by atoms with Crippen LogP contribution in [0.3, 0.4) is 0 Å². The Bertz CT molecular complexity index is 1190. The van der Waals surface area contributed by atoms with Crippen LogP contribution in [0.25, 0.3) is 10.8 Å². The molecule has 0 saturated carbocycles. The van der Waals surface area contributed by atoms with Gasteiger partial charge in [0.15, 0.2) is 0 Å². The number of piperidine rings is 1. The Morgan fingerprint density at radius 2 is 1.63 bits per heavy atom. The number of sulfonamides is 1. The predicted molar refractivity (Wildman–Crippen MR) is 120 cm³/mol. The van der Waals surface area contributed by atoms with E-state index in [0.29, 0.717) is 37.2 Å². The summed E-state index contributed by atoms with van der Waals surface area (Å²) in [6, 6.07) is 19.7. The van der Waals surface area contributed by atoms with Crippen LogP contribution in [0.4, 0.5) is 0 Å². The minimum Gasteiger partial charge on any atom is -0.299 e. The second-order valence-corrected chi connectivity index (χ2v) is 10.2. The maximum atomic E-state index is 13.1. The van der Waals surface area contributed by atoms with Gasteiger partial charge in [0, 0.05) is 25.4 Å². The van der Waals surface area contributed by atoms with Crippen molar-refractivity contribution in [1.82, 2.24) is 4.31 Å². The van der Waals surface area contributed by atoms with Crippen molar-refractivity contribution in [3.63, 3.8) is 0 Å². The van der Waals surface area contributed by atoms with Crippen molar-refractivity contribution in [1.29, 1.82) is 0 Å². The Kier molecular flexibility index (Phi) is 5.76. The lowest BCUT2D eigenvalue weighted by atomic mass is 9.89. The van der Waals surface area contributed by atoms with Crippen LogP contribution < -0.4 is 0 Å². The van der Waals surface area contributed by atoms with Crippen LogP contribution in [0.2, 0.25) is 0 Å². The van der Waals surface area contributed by atoms with E-state index in [2.05, 4.69) is 24.3 Å². The molecule has 0 aromatic heterocycles. The zero-order chi connectivity index (χ0) is 21.3. The molecule has 0 unspecified atom stereocenters. The number of Topliss-reactive ketones (excluding diaryl/α,β-unsaturated/α-hetero) is 1. The van der Waals surface area contributed by atoms with Crippen molar-refractivity contribution in [2.24, 2.45) is 5.92 Å². The highest BCUT2D eigenvalue weighted by atomic mass is 32.2. The van der Waals surface area contributed by atoms with Crippen molar-refractivity contribution in [3.05, 3.63) is 77.4 Å². The average molecular weight is 422 g/mol. The molecule has 0 aliphatic carbocycles. The summed E-state index contributed by atoms with van der Waals surface area (Å²) in [6.07, 6.45) is 1.56. The van der Waals surface area contributed by atoms with Crippen LogP contribution >= 0.6 is 0 Å². The highest BCUT2D eigenvalue weighted by molar-refractivity contribution is 7.89. The molecule has 5 heteroatoms. The highest BCUT2D eigenvalue weighted by Crippen LogP contribution is 2.27. The summed E-state index contributed by atoms with van der Waals surface area (Å²) in [5, 5.41) is 2.30. The van der Waals surface area contributed by atoms with Crippen LogP contribution in [-0.4, -0.2) is 31.6 Å². The molecule has 156 valence electrons. The van der Waals surface area contributed by atoms with E-state index in [1.54, 1.807) is 6.07 Å². The number of rotatable bonds is 5. The molecule has 1 heterocycles. The van der Waals surface area contributed by atoms with Gasteiger partial charge in [0.1, 0.15) is 5.78 Å². The van der Waals surface area contributed by atoms with Crippen LogP contribution in [0.15, 0.2) is 65.6 Å². The maximum Gasteiger partial charge on any atom is 0.243 e. The molecule has 0 radical (unpaired) electrons. The largest absolute Gasteiger partial charge is 0.299 e. The zero-order valence-corrected chi connectivity index (χ0v) is 18.3. The molecule has 0 spiro atoms. The fraction of sp³-hybridized carbons (Fsp3) is 0.320. The van der Waals surface area contributed by atoms with Crippen molar-refractivity contribution in [2.75, 3.05) is 13.1 Å². The van der Waals surface area contributed by atoms with Gasteiger partial charge in [-0.2, -0.15) is 4.31 Å². The van der Waals surface area contributed by atoms with Gasteiger partial charge >= 0.3 is 0 Å². The Balaban J connectivity index is 1.41. The molecule has 30 heavy (non-hydrogen) atoms. The van der Waals surface area contributed by atoms with Gasteiger partial charge in [-0.1, -0.05) is 60.2 Å². The second kappa shape index (κ2) is 8.32. The molecule has 1 fully saturated rings. The van der Waals surface area contributed by atoms with E-state index in [1.165, 1.54) is 9.69 Å². The smallest absolute Gasteiger partial charge is 0.243 e. The first kappa shape index (κ1) is 20.8. The molecule has 3 aromatic carbocycles. The van der Waals surface area contributed by atoms with E-state index in [9.17, 15) is 13.2 Å². The molecule has 4 rings (SSSR count). The number of nitrogens with zero attached hydrogens (tertiary/aromatic N) is 1. The van der Waals surface area contributed by atoms with Crippen molar-refractivity contribution >= 4 is 26.6 Å². The summed E-state index contributed by atoms with van der Waals surface area (Å²) in [4.78, 5) is 13.2. The number of aryl methyl sites for hydroxylation is 2. The summed E-state index contributed by atoms with van der Waals surface area (Å²) in [5.41, 5.74) is 2.83. The zero-order valence-electron chi connectivity index (χ0n) is 17.5. The molecule has 0 bridgehead atoms. The monoisotopic (exact) mass is 421 g/mol. The van der Waals surface area contributed by atoms with Crippen molar-refractivity contribution in [3.8, 4) is 0 Å². The SMILES string of the molecule is Cc1ccc(S(=O)(=O)N2CCC(C(=O)Cc3ccc4ccccc4c3)CC2)c(C)c1. The Labute approximate surface area is 178 Å². The molecule has 1 saturated heterocycles. The van der Waals surface area contributed by atoms with Gasteiger partial charge in [0.2, 0.25) is 10.0 Å².